The zero-order chi connectivity index (χ0) is 22.2. The lowest BCUT2D eigenvalue weighted by atomic mass is 9.98. The lowest BCUT2D eigenvalue weighted by Gasteiger charge is -2.22. The Labute approximate surface area is 194 Å². The van der Waals surface area contributed by atoms with Gasteiger partial charge in [0, 0.05) is 22.4 Å². The smallest absolute Gasteiger partial charge is 0.310 e. The molecule has 4 aromatic rings. The number of pyridine rings is 1. The minimum Gasteiger partial charge on any atom is -0.494 e. The number of ether oxygens (including phenoxy) is 1. The minimum absolute atomic E-state index is 0.192. The van der Waals surface area contributed by atoms with Gasteiger partial charge in [0.05, 0.1) is 25.1 Å². The van der Waals surface area contributed by atoms with E-state index in [1.54, 1.807) is 25.3 Å². The number of hydrogen-bond donors (Lipinski definition) is 0. The van der Waals surface area contributed by atoms with Gasteiger partial charge in [-0.05, 0) is 42.0 Å². The number of para-hydroxylation sites is 1. The Kier molecular flexibility index (Phi) is 5.33. The predicted molar refractivity (Wildman–Crippen MR) is 124 cm³/mol. The van der Waals surface area contributed by atoms with Crippen molar-refractivity contribution in [3.63, 3.8) is 0 Å². The van der Waals surface area contributed by atoms with Gasteiger partial charge in [0.15, 0.2) is 5.76 Å². The molecule has 1 aliphatic rings. The summed E-state index contributed by atoms with van der Waals surface area (Å²) in [6, 6.07) is 17.8. The summed E-state index contributed by atoms with van der Waals surface area (Å²) in [6.07, 6.45) is 1.90. The predicted octanol–water partition coefficient (Wildman–Crippen LogP) is 6.13. The molecule has 0 radical (unpaired) electrons. The van der Waals surface area contributed by atoms with Gasteiger partial charge in [-0.2, -0.15) is 5.10 Å². The highest BCUT2D eigenvalue weighted by molar-refractivity contribution is 6.31. The molecule has 1 amide bonds. The Morgan fingerprint density at radius 3 is 2.72 bits per heavy atom. The van der Waals surface area contributed by atoms with Crippen LogP contribution in [0.5, 0.6) is 5.75 Å². The fourth-order valence-corrected chi connectivity index (χ4v) is 4.31. The first kappa shape index (κ1) is 20.5. The van der Waals surface area contributed by atoms with E-state index in [-0.39, 0.29) is 16.8 Å². The number of hydrazone groups is 1. The van der Waals surface area contributed by atoms with Gasteiger partial charge < -0.3 is 9.15 Å². The Balaban J connectivity index is 1.61. The van der Waals surface area contributed by atoms with Crippen LogP contribution < -0.4 is 4.74 Å². The average molecular weight is 466 g/mol. The molecule has 2 aromatic carbocycles. The van der Waals surface area contributed by atoms with Crippen molar-refractivity contribution in [3.05, 3.63) is 94.0 Å². The van der Waals surface area contributed by atoms with Crippen LogP contribution in [-0.4, -0.2) is 28.7 Å². The molecule has 0 bridgehead atoms. The molecule has 160 valence electrons. The molecule has 1 aliphatic heterocycles. The van der Waals surface area contributed by atoms with Crippen molar-refractivity contribution in [1.82, 2.24) is 9.99 Å². The molecule has 8 heteroatoms. The van der Waals surface area contributed by atoms with Crippen LogP contribution in [-0.2, 0) is 0 Å². The number of amides is 1. The maximum Gasteiger partial charge on any atom is 0.310 e. The van der Waals surface area contributed by atoms with E-state index in [0.29, 0.717) is 28.3 Å². The summed E-state index contributed by atoms with van der Waals surface area (Å²) >= 11 is 12.8. The van der Waals surface area contributed by atoms with Crippen molar-refractivity contribution in [2.75, 3.05) is 7.11 Å². The molecule has 0 saturated heterocycles. The number of carbonyl (C=O) groups excluding carboxylic acids is 1. The number of carbonyl (C=O) groups is 1. The largest absolute Gasteiger partial charge is 0.494 e. The van der Waals surface area contributed by atoms with E-state index in [1.807, 2.05) is 42.5 Å². The van der Waals surface area contributed by atoms with Crippen LogP contribution >= 0.6 is 23.2 Å². The van der Waals surface area contributed by atoms with Crippen LogP contribution in [0, 0.1) is 0 Å². The molecule has 2 aromatic heterocycles. The van der Waals surface area contributed by atoms with E-state index in [2.05, 4.69) is 10.1 Å². The van der Waals surface area contributed by atoms with Crippen LogP contribution in [0.1, 0.15) is 34.1 Å². The molecule has 32 heavy (non-hydrogen) atoms. The van der Waals surface area contributed by atoms with Gasteiger partial charge in [0.25, 0.3) is 0 Å². The Morgan fingerprint density at radius 1 is 1.12 bits per heavy atom. The molecular weight excluding hydrogens is 449 g/mol. The van der Waals surface area contributed by atoms with E-state index in [0.717, 1.165) is 16.7 Å². The first-order valence-corrected chi connectivity index (χ1v) is 10.6. The van der Waals surface area contributed by atoms with Crippen molar-refractivity contribution in [3.8, 4) is 5.75 Å². The van der Waals surface area contributed by atoms with Gasteiger partial charge in [-0.15, -0.1) is 0 Å². The summed E-state index contributed by atoms with van der Waals surface area (Å²) in [7, 11) is 1.59. The molecular formula is C24H17Cl2N3O3. The number of halogens is 2. The third kappa shape index (κ3) is 3.61. The minimum atomic E-state index is -0.461. The van der Waals surface area contributed by atoms with Crippen molar-refractivity contribution < 1.29 is 13.9 Å². The summed E-state index contributed by atoms with van der Waals surface area (Å²) in [5.41, 5.74) is 2.90. The Morgan fingerprint density at radius 2 is 1.97 bits per heavy atom. The number of aromatic nitrogens is 1. The number of nitrogens with zero attached hydrogens (tertiary/aromatic N) is 3. The number of furan rings is 1. The van der Waals surface area contributed by atoms with E-state index >= 15 is 0 Å². The van der Waals surface area contributed by atoms with Crippen LogP contribution in [0.3, 0.4) is 0 Å². The summed E-state index contributed by atoms with van der Waals surface area (Å²) < 4.78 is 10.7. The Bertz CT molecular complexity index is 1350. The van der Waals surface area contributed by atoms with Crippen molar-refractivity contribution in [2.24, 2.45) is 5.10 Å². The third-order valence-electron chi connectivity index (χ3n) is 5.38. The molecule has 3 heterocycles. The second-order valence-corrected chi connectivity index (χ2v) is 8.10. The van der Waals surface area contributed by atoms with Gasteiger partial charge in [-0.25, -0.2) is 9.99 Å². The highest BCUT2D eigenvalue weighted by Crippen LogP contribution is 2.39. The van der Waals surface area contributed by atoms with Crippen LogP contribution in [0.4, 0.5) is 0 Å². The molecule has 0 unspecified atom stereocenters. The van der Waals surface area contributed by atoms with Crippen LogP contribution in [0.15, 0.2) is 76.4 Å². The zero-order valence-electron chi connectivity index (χ0n) is 17.0. The van der Waals surface area contributed by atoms with Gasteiger partial charge >= 0.3 is 5.91 Å². The molecule has 6 nitrogen and oxygen atoms in total. The molecule has 0 spiro atoms. The SMILES string of the molecule is COc1cccc2cc([C@@H]3CC(c4cccc(Cl)c4)=NN3C(=O)c3ccco3)c(Cl)nc12. The summed E-state index contributed by atoms with van der Waals surface area (Å²) in [5.74, 6) is 0.457. The molecule has 0 fully saturated rings. The second kappa shape index (κ2) is 8.30. The Hall–Kier alpha value is -3.35. The second-order valence-electron chi connectivity index (χ2n) is 7.30. The van der Waals surface area contributed by atoms with E-state index in [9.17, 15) is 4.79 Å². The van der Waals surface area contributed by atoms with Gasteiger partial charge in [0.2, 0.25) is 0 Å². The summed E-state index contributed by atoms with van der Waals surface area (Å²) in [5, 5.41) is 7.77. The van der Waals surface area contributed by atoms with Crippen molar-refractivity contribution >= 4 is 45.7 Å². The summed E-state index contributed by atoms with van der Waals surface area (Å²) in [4.78, 5) is 17.8. The number of rotatable bonds is 4. The fourth-order valence-electron chi connectivity index (χ4n) is 3.86. The number of hydrogen-bond acceptors (Lipinski definition) is 5. The standard InChI is InChI=1S/C24H17Cl2N3O3/c1-31-20-8-3-6-15-12-17(23(26)27-22(15)20)19-13-18(14-5-2-7-16(25)11-14)28-29(19)24(30)21-9-4-10-32-21/h2-12,19H,13H2,1H3/t19-/m0/s1. The van der Waals surface area contributed by atoms with Gasteiger partial charge in [-0.1, -0.05) is 47.5 Å². The summed E-state index contributed by atoms with van der Waals surface area (Å²) in [6.45, 7) is 0. The number of benzene rings is 2. The molecule has 0 saturated carbocycles. The van der Waals surface area contributed by atoms with Crippen LogP contribution in [0.25, 0.3) is 10.9 Å². The maximum atomic E-state index is 13.2. The molecule has 0 N–H and O–H groups in total. The molecule has 5 rings (SSSR count). The van der Waals surface area contributed by atoms with E-state index in [1.165, 1.54) is 11.3 Å². The highest BCUT2D eigenvalue weighted by Gasteiger charge is 2.36. The van der Waals surface area contributed by atoms with Crippen LogP contribution in [0.2, 0.25) is 10.2 Å². The quantitative estimate of drug-likeness (QED) is 0.339. The number of fused-ring (bicyclic) bond motifs is 1. The third-order valence-corrected chi connectivity index (χ3v) is 5.91. The monoisotopic (exact) mass is 465 g/mol. The topological polar surface area (TPSA) is 67.9 Å². The van der Waals surface area contributed by atoms with E-state index < -0.39 is 6.04 Å². The first-order valence-electron chi connectivity index (χ1n) is 9.89. The fraction of sp³-hybridized carbons (Fsp3) is 0.125. The number of methoxy groups -OCH3 is 1. The molecule has 0 aliphatic carbocycles. The normalized spacial score (nSPS) is 15.8. The van der Waals surface area contributed by atoms with Gasteiger partial charge in [-0.3, -0.25) is 4.79 Å². The van der Waals surface area contributed by atoms with E-state index in [4.69, 9.17) is 32.4 Å². The zero-order valence-corrected chi connectivity index (χ0v) is 18.5. The van der Waals surface area contributed by atoms with Crippen molar-refractivity contribution in [1.29, 1.82) is 0 Å². The van der Waals surface area contributed by atoms with Crippen molar-refractivity contribution in [2.45, 2.75) is 12.5 Å². The maximum absolute atomic E-state index is 13.2. The highest BCUT2D eigenvalue weighted by atomic mass is 35.5. The van der Waals surface area contributed by atoms with Gasteiger partial charge in [0.1, 0.15) is 16.4 Å². The molecule has 1 atom stereocenters. The lowest BCUT2D eigenvalue weighted by molar-refractivity contribution is 0.0678. The first-order chi connectivity index (χ1) is 15.5. The average Bonchev–Trinajstić information content (AvgIpc) is 3.48. The lowest BCUT2D eigenvalue weighted by Crippen LogP contribution is -2.27.